The Morgan fingerprint density at radius 3 is 2.86 bits per heavy atom. The van der Waals surface area contributed by atoms with Gasteiger partial charge in [0, 0.05) is 37.3 Å². The zero-order valence-electron chi connectivity index (χ0n) is 7.76. The van der Waals surface area contributed by atoms with Crippen LogP contribution in [-0.2, 0) is 0 Å². The van der Waals surface area contributed by atoms with E-state index in [0.717, 1.165) is 31.3 Å². The van der Waals surface area contributed by atoms with Crippen molar-refractivity contribution in [2.24, 2.45) is 0 Å². The van der Waals surface area contributed by atoms with Crippen molar-refractivity contribution in [1.82, 2.24) is 10.6 Å². The van der Waals surface area contributed by atoms with Gasteiger partial charge < -0.3 is 15.7 Å². The van der Waals surface area contributed by atoms with E-state index in [-0.39, 0.29) is 11.8 Å². The Kier molecular flexibility index (Phi) is 2.65. The van der Waals surface area contributed by atoms with E-state index in [9.17, 15) is 9.50 Å². The Balaban J connectivity index is 2.22. The lowest BCUT2D eigenvalue weighted by Gasteiger charge is -2.25. The number of benzene rings is 1. The molecular weight excluding hydrogens is 183 g/mol. The summed E-state index contributed by atoms with van der Waals surface area (Å²) in [5.74, 6) is -0.388. The number of aromatic hydroxyl groups is 1. The molecule has 4 heteroatoms. The quantitative estimate of drug-likeness (QED) is 0.621. The van der Waals surface area contributed by atoms with E-state index in [4.69, 9.17) is 0 Å². The molecule has 0 aliphatic carbocycles. The average Bonchev–Trinajstić information content (AvgIpc) is 2.19. The molecular formula is C10H13FN2O. The molecule has 0 bridgehead atoms. The first-order chi connectivity index (χ1) is 6.77. The van der Waals surface area contributed by atoms with Gasteiger partial charge in [0.25, 0.3) is 0 Å². The number of phenols is 1. The molecule has 0 saturated carbocycles. The first-order valence-corrected chi connectivity index (χ1v) is 4.70. The van der Waals surface area contributed by atoms with Gasteiger partial charge in [-0.2, -0.15) is 0 Å². The monoisotopic (exact) mass is 196 g/mol. The number of halogens is 1. The van der Waals surface area contributed by atoms with Gasteiger partial charge in [-0.05, 0) is 6.07 Å². The lowest BCUT2D eigenvalue weighted by atomic mass is 10.0. The predicted octanol–water partition coefficient (Wildman–Crippen LogP) is 0.765. The molecule has 0 amide bonds. The molecule has 1 saturated heterocycles. The van der Waals surface area contributed by atoms with Gasteiger partial charge in [-0.1, -0.05) is 6.07 Å². The van der Waals surface area contributed by atoms with Crippen LogP contribution in [0.25, 0.3) is 0 Å². The van der Waals surface area contributed by atoms with Crippen LogP contribution in [0.2, 0.25) is 0 Å². The molecule has 1 aromatic rings. The Morgan fingerprint density at radius 2 is 2.21 bits per heavy atom. The number of piperazine rings is 1. The molecule has 1 unspecified atom stereocenters. The summed E-state index contributed by atoms with van der Waals surface area (Å²) in [5, 5.41) is 16.0. The Hall–Kier alpha value is -1.13. The van der Waals surface area contributed by atoms with Crippen LogP contribution in [0.3, 0.4) is 0 Å². The van der Waals surface area contributed by atoms with Gasteiger partial charge in [-0.25, -0.2) is 4.39 Å². The summed E-state index contributed by atoms with van der Waals surface area (Å²) in [4.78, 5) is 0. The fourth-order valence-electron chi connectivity index (χ4n) is 1.68. The highest BCUT2D eigenvalue weighted by Gasteiger charge is 2.17. The van der Waals surface area contributed by atoms with Crippen LogP contribution in [0.4, 0.5) is 4.39 Å². The highest BCUT2D eigenvalue weighted by molar-refractivity contribution is 5.35. The van der Waals surface area contributed by atoms with Crippen LogP contribution in [0.15, 0.2) is 18.2 Å². The third-order valence-electron chi connectivity index (χ3n) is 2.41. The van der Waals surface area contributed by atoms with E-state index in [1.54, 1.807) is 6.07 Å². The number of rotatable bonds is 1. The topological polar surface area (TPSA) is 44.3 Å². The van der Waals surface area contributed by atoms with Crippen LogP contribution in [0.5, 0.6) is 5.75 Å². The molecule has 3 nitrogen and oxygen atoms in total. The van der Waals surface area contributed by atoms with Crippen molar-refractivity contribution in [3.8, 4) is 5.75 Å². The second-order valence-corrected chi connectivity index (χ2v) is 3.41. The smallest absolute Gasteiger partial charge is 0.126 e. The minimum Gasteiger partial charge on any atom is -0.508 e. The standard InChI is InChI=1S/C10H13FN2O/c11-7-1-2-8(10(14)5-7)9-6-12-3-4-13-9/h1-2,5,9,12-14H,3-4,6H2. The molecule has 3 N–H and O–H groups in total. The summed E-state index contributed by atoms with van der Waals surface area (Å²) in [5.41, 5.74) is 0.749. The Bertz CT molecular complexity index is 324. The van der Waals surface area contributed by atoms with Crippen molar-refractivity contribution in [2.45, 2.75) is 6.04 Å². The van der Waals surface area contributed by atoms with E-state index >= 15 is 0 Å². The van der Waals surface area contributed by atoms with Crippen molar-refractivity contribution in [3.05, 3.63) is 29.6 Å². The molecule has 2 rings (SSSR count). The summed E-state index contributed by atoms with van der Waals surface area (Å²) >= 11 is 0. The third kappa shape index (κ3) is 1.86. The summed E-state index contributed by atoms with van der Waals surface area (Å²) < 4.78 is 12.7. The van der Waals surface area contributed by atoms with Crippen LogP contribution in [0, 0.1) is 5.82 Å². The molecule has 1 heterocycles. The van der Waals surface area contributed by atoms with Gasteiger partial charge in [0.1, 0.15) is 11.6 Å². The molecule has 0 radical (unpaired) electrons. The maximum Gasteiger partial charge on any atom is 0.126 e. The molecule has 1 aliphatic rings. The Morgan fingerprint density at radius 1 is 1.36 bits per heavy atom. The minimum absolute atomic E-state index is 0.0196. The molecule has 14 heavy (non-hydrogen) atoms. The maximum absolute atomic E-state index is 12.7. The highest BCUT2D eigenvalue weighted by Crippen LogP contribution is 2.25. The summed E-state index contributed by atoms with van der Waals surface area (Å²) in [7, 11) is 0. The van der Waals surface area contributed by atoms with Gasteiger partial charge in [0.2, 0.25) is 0 Å². The Labute approximate surface area is 81.9 Å². The van der Waals surface area contributed by atoms with Crippen molar-refractivity contribution >= 4 is 0 Å². The lowest BCUT2D eigenvalue weighted by molar-refractivity contribution is 0.402. The van der Waals surface area contributed by atoms with Crippen LogP contribution in [-0.4, -0.2) is 24.7 Å². The van der Waals surface area contributed by atoms with Gasteiger partial charge in [0.05, 0.1) is 0 Å². The van der Waals surface area contributed by atoms with Crippen LogP contribution >= 0.6 is 0 Å². The molecule has 1 atom stereocenters. The van der Waals surface area contributed by atoms with E-state index in [1.807, 2.05) is 0 Å². The third-order valence-corrected chi connectivity index (χ3v) is 2.41. The van der Waals surface area contributed by atoms with Gasteiger partial charge in [-0.15, -0.1) is 0 Å². The normalized spacial score (nSPS) is 22.2. The molecule has 0 aromatic heterocycles. The number of phenolic OH excluding ortho intramolecular Hbond substituents is 1. The zero-order valence-corrected chi connectivity index (χ0v) is 7.76. The summed E-state index contributed by atoms with van der Waals surface area (Å²) in [6, 6.07) is 4.20. The fourth-order valence-corrected chi connectivity index (χ4v) is 1.68. The van der Waals surface area contributed by atoms with Crippen molar-refractivity contribution in [2.75, 3.05) is 19.6 Å². The average molecular weight is 196 g/mol. The van der Waals surface area contributed by atoms with Crippen molar-refractivity contribution in [3.63, 3.8) is 0 Å². The molecule has 0 spiro atoms. The molecule has 1 aromatic carbocycles. The molecule has 1 aliphatic heterocycles. The first-order valence-electron chi connectivity index (χ1n) is 4.70. The largest absolute Gasteiger partial charge is 0.508 e. The minimum atomic E-state index is -0.407. The molecule has 76 valence electrons. The van der Waals surface area contributed by atoms with E-state index in [1.165, 1.54) is 6.07 Å². The highest BCUT2D eigenvalue weighted by atomic mass is 19.1. The summed E-state index contributed by atoms with van der Waals surface area (Å²) in [6.07, 6.45) is 0. The second kappa shape index (κ2) is 3.94. The van der Waals surface area contributed by atoms with Gasteiger partial charge >= 0.3 is 0 Å². The summed E-state index contributed by atoms with van der Waals surface area (Å²) in [6.45, 7) is 2.55. The maximum atomic E-state index is 12.7. The van der Waals surface area contributed by atoms with Gasteiger partial charge in [-0.3, -0.25) is 0 Å². The second-order valence-electron chi connectivity index (χ2n) is 3.41. The number of nitrogens with one attached hydrogen (secondary N) is 2. The lowest BCUT2D eigenvalue weighted by Crippen LogP contribution is -2.42. The van der Waals surface area contributed by atoms with E-state index in [0.29, 0.717) is 0 Å². The van der Waals surface area contributed by atoms with Crippen LogP contribution in [0.1, 0.15) is 11.6 Å². The predicted molar refractivity (Wildman–Crippen MR) is 51.7 cm³/mol. The van der Waals surface area contributed by atoms with Crippen LogP contribution < -0.4 is 10.6 Å². The fraction of sp³-hybridized carbons (Fsp3) is 0.400. The SMILES string of the molecule is Oc1cc(F)ccc1C1CNCCN1. The molecule has 1 fully saturated rings. The van der Waals surface area contributed by atoms with Crippen molar-refractivity contribution in [1.29, 1.82) is 0 Å². The first kappa shape index (κ1) is 9.43. The van der Waals surface area contributed by atoms with Crippen molar-refractivity contribution < 1.29 is 9.50 Å². The van der Waals surface area contributed by atoms with Gasteiger partial charge in [0.15, 0.2) is 0 Å². The van der Waals surface area contributed by atoms with E-state index in [2.05, 4.69) is 10.6 Å². The zero-order chi connectivity index (χ0) is 9.97. The number of hydrogen-bond acceptors (Lipinski definition) is 3. The van der Waals surface area contributed by atoms with E-state index < -0.39 is 5.82 Å². The number of hydrogen-bond donors (Lipinski definition) is 3.